The average Bonchev–Trinajstić information content (AvgIpc) is 2.50. The molecule has 0 N–H and O–H groups in total. The summed E-state index contributed by atoms with van der Waals surface area (Å²) < 4.78 is 0. The van der Waals surface area contributed by atoms with E-state index < -0.39 is 0 Å². The Hall–Kier alpha value is -3.54. The van der Waals surface area contributed by atoms with Crippen LogP contribution in [0.25, 0.3) is 41.8 Å². The van der Waals surface area contributed by atoms with E-state index >= 15 is 0 Å². The minimum atomic E-state index is -0.0179. The molecule has 0 saturated heterocycles. The Morgan fingerprint density at radius 3 is 1.62 bits per heavy atom. The van der Waals surface area contributed by atoms with E-state index in [4.69, 9.17) is 22.1 Å². The fourth-order valence-corrected chi connectivity index (χ4v) is 1.61. The van der Waals surface area contributed by atoms with Crippen LogP contribution in [0.15, 0.2) is 32.6 Å². The molecule has 1 aromatic carbocycles. The summed E-state index contributed by atoms with van der Waals surface area (Å²) in [4.78, 5) is 10.6. The summed E-state index contributed by atoms with van der Waals surface area (Å²) in [5.74, 6) is 0. The Labute approximate surface area is 117 Å². The minimum Gasteiger partial charge on any atom is -0.0893 e. The van der Waals surface area contributed by atoms with Crippen molar-refractivity contribution in [1.82, 2.24) is 0 Å². The fourth-order valence-electron chi connectivity index (χ4n) is 1.61. The van der Waals surface area contributed by atoms with Gasteiger partial charge in [0.1, 0.15) is 0 Å². The van der Waals surface area contributed by atoms with Gasteiger partial charge in [0.15, 0.2) is 0 Å². The molecule has 0 amide bonds. The molecule has 12 nitrogen and oxygen atoms in total. The molecule has 0 unspecified atom stereocenters. The molecule has 0 atom stereocenters. The summed E-state index contributed by atoms with van der Waals surface area (Å²) in [6.45, 7) is 0.0328. The molecule has 0 aromatic heterocycles. The number of hydrogen-bond donors (Lipinski definition) is 0. The van der Waals surface area contributed by atoms with Crippen molar-refractivity contribution in [2.45, 2.75) is 19.6 Å². The summed E-state index contributed by atoms with van der Waals surface area (Å²) in [6, 6.07) is 3.11. The molecule has 0 aliphatic carbocycles. The molecular weight excluding hydrogens is 276 g/mol. The molecule has 0 aliphatic heterocycles. The molecule has 0 radical (unpaired) electrons. The van der Waals surface area contributed by atoms with E-state index in [-0.39, 0.29) is 25.3 Å². The van der Waals surface area contributed by atoms with Crippen LogP contribution in [0, 0.1) is 0 Å². The lowest BCUT2D eigenvalue weighted by molar-refractivity contribution is 0.944. The largest absolute Gasteiger partial charge is 0.0893 e. The maximum absolute atomic E-state index is 8.55. The van der Waals surface area contributed by atoms with E-state index in [2.05, 4.69) is 40.1 Å². The normalized spacial score (nSPS) is 8.57. The molecule has 1 aromatic rings. The Morgan fingerprint density at radius 1 is 0.667 bits per heavy atom. The van der Waals surface area contributed by atoms with Crippen LogP contribution in [-0.2, 0) is 19.6 Å². The highest BCUT2D eigenvalue weighted by molar-refractivity contribution is 5.52. The molecule has 104 valence electrons. The van der Waals surface area contributed by atoms with Gasteiger partial charge < -0.3 is 0 Å². The lowest BCUT2D eigenvalue weighted by Gasteiger charge is -2.10. The number of rotatable bonds is 7. The second-order valence-corrected chi connectivity index (χ2v) is 3.61. The summed E-state index contributed by atoms with van der Waals surface area (Å²) >= 11 is 0. The summed E-state index contributed by atoms with van der Waals surface area (Å²) in [5.41, 5.74) is 35.6. The molecule has 0 fully saturated rings. The quantitative estimate of drug-likeness (QED) is 0.366. The first kappa shape index (κ1) is 15.5. The Kier molecular flexibility index (Phi) is 6.31. The summed E-state index contributed by atoms with van der Waals surface area (Å²) in [7, 11) is 0. The van der Waals surface area contributed by atoms with E-state index in [1.54, 1.807) is 6.07 Å². The van der Waals surface area contributed by atoms with E-state index in [0.29, 0.717) is 16.7 Å². The highest BCUT2D eigenvalue weighted by Gasteiger charge is 2.08. The van der Waals surface area contributed by atoms with E-state index in [9.17, 15) is 0 Å². The van der Waals surface area contributed by atoms with Gasteiger partial charge in [0, 0.05) is 25.3 Å². The lowest BCUT2D eigenvalue weighted by atomic mass is 10.0. The average molecular weight is 284 g/mol. The van der Waals surface area contributed by atoms with Gasteiger partial charge in [-0.25, -0.2) is 0 Å². The highest BCUT2D eigenvalue weighted by atomic mass is 15.2. The molecule has 0 saturated carbocycles. The first-order valence-electron chi connectivity index (χ1n) is 5.49. The monoisotopic (exact) mass is 284 g/mol. The zero-order chi connectivity index (χ0) is 15.5. The number of azide groups is 4. The van der Waals surface area contributed by atoms with Crippen molar-refractivity contribution in [3.8, 4) is 0 Å². The summed E-state index contributed by atoms with van der Waals surface area (Å²) in [6.07, 6.45) is 0. The first-order chi connectivity index (χ1) is 10.3. The van der Waals surface area contributed by atoms with Crippen LogP contribution in [0.3, 0.4) is 0 Å². The van der Waals surface area contributed by atoms with Gasteiger partial charge in [-0.3, -0.25) is 0 Å². The molecular formula is C9H8N12. The number of benzene rings is 1. The molecule has 12 heteroatoms. The van der Waals surface area contributed by atoms with Crippen LogP contribution in [0.5, 0.6) is 0 Å². The predicted octanol–water partition coefficient (Wildman–Crippen LogP) is 5.06. The zero-order valence-electron chi connectivity index (χ0n) is 10.6. The molecule has 0 spiro atoms. The highest BCUT2D eigenvalue weighted by Crippen LogP contribution is 2.27. The van der Waals surface area contributed by atoms with E-state index in [1.807, 2.05) is 0 Å². The SMILES string of the molecule is [N-]=[N+]=NCc1cc(CN=[N+]=[N-])c(N=[N+]=[N-])cc1CN=[N+]=[N-]. The third-order valence-corrected chi connectivity index (χ3v) is 2.47. The zero-order valence-corrected chi connectivity index (χ0v) is 10.6. The van der Waals surface area contributed by atoms with E-state index in [0.717, 1.165) is 0 Å². The van der Waals surface area contributed by atoms with Crippen molar-refractivity contribution >= 4 is 5.69 Å². The van der Waals surface area contributed by atoms with Crippen molar-refractivity contribution in [3.63, 3.8) is 0 Å². The lowest BCUT2D eigenvalue weighted by Crippen LogP contribution is -1.95. The smallest absolute Gasteiger partial charge is 0.0515 e. The molecule has 0 heterocycles. The molecule has 0 aliphatic rings. The van der Waals surface area contributed by atoms with E-state index in [1.165, 1.54) is 6.07 Å². The van der Waals surface area contributed by atoms with Gasteiger partial charge in [0.2, 0.25) is 0 Å². The second kappa shape index (κ2) is 8.54. The minimum absolute atomic E-state index is 0.0164. The van der Waals surface area contributed by atoms with Crippen LogP contribution in [0.1, 0.15) is 16.7 Å². The first-order valence-corrected chi connectivity index (χ1v) is 5.49. The van der Waals surface area contributed by atoms with Crippen LogP contribution in [0.4, 0.5) is 5.69 Å². The fraction of sp³-hybridized carbons (Fsp3) is 0.333. The topological polar surface area (TPSA) is 195 Å². The van der Waals surface area contributed by atoms with Gasteiger partial charge in [0.25, 0.3) is 0 Å². The third kappa shape index (κ3) is 4.56. The maximum atomic E-state index is 8.55. The molecule has 1 rings (SSSR count). The van der Waals surface area contributed by atoms with Gasteiger partial charge >= 0.3 is 0 Å². The van der Waals surface area contributed by atoms with Crippen LogP contribution in [0.2, 0.25) is 0 Å². The van der Waals surface area contributed by atoms with Gasteiger partial charge in [-0.05, 0) is 44.9 Å². The maximum Gasteiger partial charge on any atom is 0.0515 e. The van der Waals surface area contributed by atoms with Crippen LogP contribution < -0.4 is 0 Å². The standard InChI is InChI=1S/C9H8N12/c10-18-14-3-6-1-8(5-16-20-12)9(17-21-13)2-7(6)4-15-19-11/h1-2H,3-5H2. The molecule has 21 heavy (non-hydrogen) atoms. The Balaban J connectivity index is 3.42. The Bertz CT molecular complexity index is 710. The van der Waals surface area contributed by atoms with Crippen molar-refractivity contribution in [2.75, 3.05) is 0 Å². The number of nitrogens with zero attached hydrogens (tertiary/aromatic N) is 12. The molecule has 0 bridgehead atoms. The van der Waals surface area contributed by atoms with Crippen molar-refractivity contribution in [2.24, 2.45) is 20.5 Å². The van der Waals surface area contributed by atoms with Gasteiger partial charge in [-0.2, -0.15) is 0 Å². The van der Waals surface area contributed by atoms with Crippen LogP contribution in [-0.4, -0.2) is 0 Å². The Morgan fingerprint density at radius 2 is 1.14 bits per heavy atom. The van der Waals surface area contributed by atoms with Gasteiger partial charge in [-0.1, -0.05) is 26.5 Å². The predicted molar refractivity (Wildman–Crippen MR) is 73.8 cm³/mol. The van der Waals surface area contributed by atoms with Crippen molar-refractivity contribution in [1.29, 1.82) is 0 Å². The third-order valence-electron chi connectivity index (χ3n) is 2.47. The summed E-state index contributed by atoms with van der Waals surface area (Å²) in [5, 5.41) is 13.8. The van der Waals surface area contributed by atoms with Crippen molar-refractivity contribution in [3.05, 3.63) is 70.6 Å². The second-order valence-electron chi connectivity index (χ2n) is 3.61. The number of hydrogen-bond acceptors (Lipinski definition) is 4. The van der Waals surface area contributed by atoms with Crippen LogP contribution >= 0.6 is 0 Å². The van der Waals surface area contributed by atoms with Gasteiger partial charge in [0.05, 0.1) is 19.6 Å². The van der Waals surface area contributed by atoms with Crippen molar-refractivity contribution < 1.29 is 0 Å². The van der Waals surface area contributed by atoms with Gasteiger partial charge in [-0.15, -0.1) is 0 Å².